The molecule has 0 atom stereocenters. The van der Waals surface area contributed by atoms with E-state index in [4.69, 9.17) is 0 Å². The van der Waals surface area contributed by atoms with Gasteiger partial charge >= 0.3 is 0 Å². The van der Waals surface area contributed by atoms with Gasteiger partial charge in [-0.25, -0.2) is 0 Å². The lowest BCUT2D eigenvalue weighted by Gasteiger charge is -2.46. The van der Waals surface area contributed by atoms with E-state index < -0.39 is 0 Å². The Morgan fingerprint density at radius 3 is 2.43 bits per heavy atom. The van der Waals surface area contributed by atoms with E-state index in [2.05, 4.69) is 59.7 Å². The monoisotopic (exact) mass is 287 g/mol. The molecular formula is C18H29N3. The van der Waals surface area contributed by atoms with Crippen LogP contribution >= 0.6 is 0 Å². The first-order valence-corrected chi connectivity index (χ1v) is 8.33. The van der Waals surface area contributed by atoms with Crippen LogP contribution in [0.25, 0.3) is 0 Å². The summed E-state index contributed by atoms with van der Waals surface area (Å²) in [6.07, 6.45) is 2.50. The summed E-state index contributed by atoms with van der Waals surface area (Å²) in [5, 5.41) is 7.16. The molecule has 1 aromatic carbocycles. The van der Waals surface area contributed by atoms with Crippen molar-refractivity contribution in [3.8, 4) is 0 Å². The summed E-state index contributed by atoms with van der Waals surface area (Å²) in [4.78, 5) is 2.68. The highest BCUT2D eigenvalue weighted by atomic mass is 15.2. The highest BCUT2D eigenvalue weighted by Crippen LogP contribution is 2.35. The van der Waals surface area contributed by atoms with Crippen molar-refractivity contribution in [2.45, 2.75) is 37.6 Å². The zero-order valence-corrected chi connectivity index (χ0v) is 13.5. The molecule has 3 heteroatoms. The first kappa shape index (κ1) is 15.0. The number of piperidine rings is 1. The molecule has 2 N–H and O–H groups in total. The normalized spacial score (nSPS) is 25.6. The minimum Gasteiger partial charge on any atom is -0.317 e. The van der Waals surface area contributed by atoms with Crippen molar-refractivity contribution in [3.63, 3.8) is 0 Å². The molecule has 0 amide bonds. The summed E-state index contributed by atoms with van der Waals surface area (Å²) in [5.41, 5.74) is 2.10. The van der Waals surface area contributed by atoms with E-state index in [1.807, 2.05) is 0 Å². The number of hydrogen-bond donors (Lipinski definition) is 2. The Labute approximate surface area is 129 Å². The fourth-order valence-electron chi connectivity index (χ4n) is 4.04. The Kier molecular flexibility index (Phi) is 4.34. The van der Waals surface area contributed by atoms with Crippen molar-refractivity contribution < 1.29 is 0 Å². The Morgan fingerprint density at radius 1 is 1.05 bits per heavy atom. The third-order valence-corrected chi connectivity index (χ3v) is 5.12. The van der Waals surface area contributed by atoms with Gasteiger partial charge in [0.1, 0.15) is 0 Å². The number of piperazine rings is 1. The predicted molar refractivity (Wildman–Crippen MR) is 88.7 cm³/mol. The predicted octanol–water partition coefficient (Wildman–Crippen LogP) is 1.99. The topological polar surface area (TPSA) is 27.3 Å². The Bertz CT molecular complexity index is 449. The van der Waals surface area contributed by atoms with Gasteiger partial charge in [-0.3, -0.25) is 4.90 Å². The SMILES string of the molecule is CC1(C)CN(CC2(c3ccccc3)CCNCC2)CCN1. The molecule has 2 fully saturated rings. The van der Waals surface area contributed by atoms with Crippen LogP contribution in [-0.4, -0.2) is 49.7 Å². The van der Waals surface area contributed by atoms with Crippen LogP contribution in [0.3, 0.4) is 0 Å². The van der Waals surface area contributed by atoms with Crippen LogP contribution in [0.5, 0.6) is 0 Å². The summed E-state index contributed by atoms with van der Waals surface area (Å²) in [5.74, 6) is 0. The van der Waals surface area contributed by atoms with Gasteiger partial charge in [-0.05, 0) is 45.3 Å². The fourth-order valence-corrected chi connectivity index (χ4v) is 4.04. The molecule has 3 nitrogen and oxygen atoms in total. The molecule has 0 radical (unpaired) electrons. The van der Waals surface area contributed by atoms with E-state index in [-0.39, 0.29) is 5.54 Å². The molecular weight excluding hydrogens is 258 g/mol. The molecule has 0 aromatic heterocycles. The molecule has 0 unspecified atom stereocenters. The van der Waals surface area contributed by atoms with Crippen molar-refractivity contribution >= 4 is 0 Å². The first-order valence-electron chi connectivity index (χ1n) is 8.33. The molecule has 0 spiro atoms. The lowest BCUT2D eigenvalue weighted by atomic mass is 9.72. The molecule has 21 heavy (non-hydrogen) atoms. The smallest absolute Gasteiger partial charge is 0.0252 e. The average Bonchev–Trinajstić information content (AvgIpc) is 2.48. The van der Waals surface area contributed by atoms with Crippen molar-refractivity contribution in [1.82, 2.24) is 15.5 Å². The molecule has 2 heterocycles. The number of benzene rings is 1. The second-order valence-electron chi connectivity index (χ2n) is 7.42. The quantitative estimate of drug-likeness (QED) is 0.890. The molecule has 1 aromatic rings. The van der Waals surface area contributed by atoms with E-state index in [1.54, 1.807) is 0 Å². The maximum Gasteiger partial charge on any atom is 0.0252 e. The van der Waals surface area contributed by atoms with Gasteiger partial charge < -0.3 is 10.6 Å². The third-order valence-electron chi connectivity index (χ3n) is 5.12. The first-order chi connectivity index (χ1) is 10.1. The molecule has 0 bridgehead atoms. The van der Waals surface area contributed by atoms with Crippen LogP contribution in [-0.2, 0) is 5.41 Å². The minimum atomic E-state index is 0.239. The van der Waals surface area contributed by atoms with Gasteiger partial charge in [0, 0.05) is 37.1 Å². The second kappa shape index (κ2) is 6.07. The summed E-state index contributed by atoms with van der Waals surface area (Å²) in [6.45, 7) is 11.5. The lowest BCUT2D eigenvalue weighted by molar-refractivity contribution is 0.110. The van der Waals surface area contributed by atoms with Crippen molar-refractivity contribution in [2.24, 2.45) is 0 Å². The highest BCUT2D eigenvalue weighted by Gasteiger charge is 2.37. The van der Waals surface area contributed by atoms with E-state index in [0.29, 0.717) is 5.41 Å². The average molecular weight is 287 g/mol. The standard InChI is InChI=1S/C18H29N3/c1-17(2)14-21(13-12-20-17)15-18(8-10-19-11-9-18)16-6-4-3-5-7-16/h3-7,19-20H,8-15H2,1-2H3. The molecule has 0 saturated carbocycles. The van der Waals surface area contributed by atoms with Crippen LogP contribution in [0.1, 0.15) is 32.3 Å². The van der Waals surface area contributed by atoms with E-state index in [1.165, 1.54) is 31.5 Å². The number of nitrogens with one attached hydrogen (secondary N) is 2. The van der Waals surface area contributed by atoms with Crippen LogP contribution in [0.4, 0.5) is 0 Å². The Hall–Kier alpha value is -0.900. The van der Waals surface area contributed by atoms with Gasteiger partial charge in [0.25, 0.3) is 0 Å². The highest BCUT2D eigenvalue weighted by molar-refractivity contribution is 5.27. The maximum absolute atomic E-state index is 3.62. The van der Waals surface area contributed by atoms with E-state index in [9.17, 15) is 0 Å². The molecule has 0 aliphatic carbocycles. The van der Waals surface area contributed by atoms with Crippen LogP contribution in [0.15, 0.2) is 30.3 Å². The lowest BCUT2D eigenvalue weighted by Crippen LogP contribution is -2.60. The van der Waals surface area contributed by atoms with Crippen molar-refractivity contribution in [3.05, 3.63) is 35.9 Å². The van der Waals surface area contributed by atoms with Crippen LogP contribution in [0.2, 0.25) is 0 Å². The minimum absolute atomic E-state index is 0.239. The summed E-state index contributed by atoms with van der Waals surface area (Å²) >= 11 is 0. The van der Waals surface area contributed by atoms with Gasteiger partial charge in [-0.15, -0.1) is 0 Å². The molecule has 2 saturated heterocycles. The van der Waals surface area contributed by atoms with Crippen molar-refractivity contribution in [2.75, 3.05) is 39.3 Å². The van der Waals surface area contributed by atoms with E-state index >= 15 is 0 Å². The van der Waals surface area contributed by atoms with E-state index in [0.717, 1.165) is 26.2 Å². The summed E-state index contributed by atoms with van der Waals surface area (Å²) in [6, 6.07) is 11.2. The molecule has 2 aliphatic rings. The van der Waals surface area contributed by atoms with Crippen LogP contribution in [0, 0.1) is 0 Å². The van der Waals surface area contributed by atoms with Gasteiger partial charge in [0.2, 0.25) is 0 Å². The summed E-state index contributed by atoms with van der Waals surface area (Å²) in [7, 11) is 0. The second-order valence-corrected chi connectivity index (χ2v) is 7.42. The molecule has 2 aliphatic heterocycles. The van der Waals surface area contributed by atoms with Gasteiger partial charge in [-0.2, -0.15) is 0 Å². The molecule has 116 valence electrons. The van der Waals surface area contributed by atoms with Gasteiger partial charge in [0.15, 0.2) is 0 Å². The fraction of sp³-hybridized carbons (Fsp3) is 0.667. The molecule has 3 rings (SSSR count). The zero-order chi connectivity index (χ0) is 14.8. The maximum atomic E-state index is 3.62. The number of nitrogens with zero attached hydrogens (tertiary/aromatic N) is 1. The largest absolute Gasteiger partial charge is 0.317 e. The third kappa shape index (κ3) is 3.47. The van der Waals surface area contributed by atoms with Gasteiger partial charge in [-0.1, -0.05) is 30.3 Å². The number of rotatable bonds is 3. The summed E-state index contributed by atoms with van der Waals surface area (Å²) < 4.78 is 0. The Morgan fingerprint density at radius 2 is 1.76 bits per heavy atom. The van der Waals surface area contributed by atoms with Crippen LogP contribution < -0.4 is 10.6 Å². The van der Waals surface area contributed by atoms with Gasteiger partial charge in [0.05, 0.1) is 0 Å². The zero-order valence-electron chi connectivity index (χ0n) is 13.5. The Balaban J connectivity index is 1.80. The van der Waals surface area contributed by atoms with Crippen molar-refractivity contribution in [1.29, 1.82) is 0 Å². The number of hydrogen-bond acceptors (Lipinski definition) is 3.